The van der Waals surface area contributed by atoms with Crippen molar-refractivity contribution in [1.29, 1.82) is 0 Å². The molecule has 2 nitrogen and oxygen atoms in total. The van der Waals surface area contributed by atoms with Crippen LogP contribution in [0.5, 0.6) is 0 Å². The molecule has 0 fully saturated rings. The van der Waals surface area contributed by atoms with E-state index in [0.29, 0.717) is 13.0 Å². The first-order chi connectivity index (χ1) is 11.3. The number of hydrogen-bond donors (Lipinski definition) is 0. The Hall–Kier alpha value is -1.31. The van der Waals surface area contributed by atoms with Crippen LogP contribution >= 0.6 is 0 Å². The standard InChI is InChI=1S/C21H36O2/c1-3-5-6-7-8-9-10-11-12-13-14-15-16-17-18-19-21(22)23-20-4-2/h8-9,11-12,14-15H,3-7,10,13,16-20H2,1-2H3. The lowest BCUT2D eigenvalue weighted by molar-refractivity contribution is -0.143. The molecule has 0 aromatic rings. The van der Waals surface area contributed by atoms with Crippen molar-refractivity contribution in [3.8, 4) is 0 Å². The fraction of sp³-hybridized carbons (Fsp3) is 0.667. The van der Waals surface area contributed by atoms with Crippen molar-refractivity contribution in [3.63, 3.8) is 0 Å². The van der Waals surface area contributed by atoms with E-state index in [4.69, 9.17) is 4.74 Å². The zero-order valence-corrected chi connectivity index (χ0v) is 15.3. The minimum atomic E-state index is -0.0542. The maximum Gasteiger partial charge on any atom is 0.305 e. The summed E-state index contributed by atoms with van der Waals surface area (Å²) in [5.41, 5.74) is 0. The van der Waals surface area contributed by atoms with E-state index in [1.54, 1.807) is 0 Å². The second-order valence-corrected chi connectivity index (χ2v) is 5.85. The van der Waals surface area contributed by atoms with Gasteiger partial charge in [0.2, 0.25) is 0 Å². The fourth-order valence-electron chi connectivity index (χ4n) is 2.11. The van der Waals surface area contributed by atoms with Gasteiger partial charge in [0.05, 0.1) is 6.61 Å². The van der Waals surface area contributed by atoms with Gasteiger partial charge in [-0.15, -0.1) is 0 Å². The maximum atomic E-state index is 11.3. The van der Waals surface area contributed by atoms with Gasteiger partial charge in [0, 0.05) is 6.42 Å². The van der Waals surface area contributed by atoms with Gasteiger partial charge >= 0.3 is 5.97 Å². The Kier molecular flexibility index (Phi) is 17.7. The van der Waals surface area contributed by atoms with Crippen molar-refractivity contribution in [3.05, 3.63) is 36.5 Å². The van der Waals surface area contributed by atoms with E-state index in [0.717, 1.165) is 38.5 Å². The van der Waals surface area contributed by atoms with Gasteiger partial charge in [0.1, 0.15) is 0 Å². The Morgan fingerprint density at radius 3 is 1.87 bits per heavy atom. The third kappa shape index (κ3) is 18.6. The summed E-state index contributed by atoms with van der Waals surface area (Å²) < 4.78 is 5.04. The quantitative estimate of drug-likeness (QED) is 0.195. The van der Waals surface area contributed by atoms with Crippen molar-refractivity contribution >= 4 is 5.97 Å². The summed E-state index contributed by atoms with van der Waals surface area (Å²) in [6, 6.07) is 0. The average Bonchev–Trinajstić information content (AvgIpc) is 2.56. The second kappa shape index (κ2) is 18.7. The molecule has 0 unspecified atom stereocenters. The lowest BCUT2D eigenvalue weighted by atomic mass is 10.1. The summed E-state index contributed by atoms with van der Waals surface area (Å²) in [4.78, 5) is 11.3. The molecule has 0 aliphatic heterocycles. The van der Waals surface area contributed by atoms with Crippen LogP contribution in [-0.4, -0.2) is 12.6 Å². The smallest absolute Gasteiger partial charge is 0.305 e. The van der Waals surface area contributed by atoms with Crippen LogP contribution in [-0.2, 0) is 9.53 Å². The summed E-state index contributed by atoms with van der Waals surface area (Å²) in [5, 5.41) is 0. The van der Waals surface area contributed by atoms with Crippen molar-refractivity contribution in [2.75, 3.05) is 6.61 Å². The molecular formula is C21H36O2. The van der Waals surface area contributed by atoms with Gasteiger partial charge in [-0.25, -0.2) is 0 Å². The highest BCUT2D eigenvalue weighted by atomic mass is 16.5. The van der Waals surface area contributed by atoms with E-state index in [1.807, 2.05) is 6.92 Å². The largest absolute Gasteiger partial charge is 0.466 e. The Morgan fingerprint density at radius 1 is 0.739 bits per heavy atom. The summed E-state index contributed by atoms with van der Waals surface area (Å²) in [6.45, 7) is 4.80. The number of ether oxygens (including phenoxy) is 1. The van der Waals surface area contributed by atoms with Gasteiger partial charge in [-0.2, -0.15) is 0 Å². The van der Waals surface area contributed by atoms with Crippen LogP contribution in [0.25, 0.3) is 0 Å². The SMILES string of the molecule is CCCCCC=CCC=CCC=CCCCCC(=O)OCCC. The number of allylic oxidation sites excluding steroid dienone is 6. The van der Waals surface area contributed by atoms with E-state index < -0.39 is 0 Å². The first-order valence-corrected chi connectivity index (χ1v) is 9.41. The highest BCUT2D eigenvalue weighted by molar-refractivity contribution is 5.69. The number of unbranched alkanes of at least 4 members (excludes halogenated alkanes) is 5. The fourth-order valence-corrected chi connectivity index (χ4v) is 2.11. The molecule has 0 heterocycles. The van der Waals surface area contributed by atoms with Gasteiger partial charge < -0.3 is 4.74 Å². The highest BCUT2D eigenvalue weighted by Gasteiger charge is 2.00. The van der Waals surface area contributed by atoms with E-state index in [2.05, 4.69) is 43.4 Å². The van der Waals surface area contributed by atoms with Crippen LogP contribution in [0.1, 0.15) is 84.5 Å². The Morgan fingerprint density at radius 2 is 1.30 bits per heavy atom. The lowest BCUT2D eigenvalue weighted by Gasteiger charge is -2.01. The predicted octanol–water partition coefficient (Wildman–Crippen LogP) is 6.53. The van der Waals surface area contributed by atoms with Crippen molar-refractivity contribution in [2.24, 2.45) is 0 Å². The third-order valence-electron chi connectivity index (χ3n) is 3.49. The number of esters is 1. The lowest BCUT2D eigenvalue weighted by Crippen LogP contribution is -2.04. The first kappa shape index (κ1) is 21.7. The molecule has 0 aliphatic carbocycles. The van der Waals surface area contributed by atoms with E-state index in [9.17, 15) is 4.79 Å². The van der Waals surface area contributed by atoms with Crippen molar-refractivity contribution in [1.82, 2.24) is 0 Å². The van der Waals surface area contributed by atoms with Crippen LogP contribution in [0, 0.1) is 0 Å². The molecule has 2 heteroatoms. The predicted molar refractivity (Wildman–Crippen MR) is 101 cm³/mol. The molecule has 0 saturated heterocycles. The molecule has 0 aromatic heterocycles. The van der Waals surface area contributed by atoms with Crippen LogP contribution < -0.4 is 0 Å². The van der Waals surface area contributed by atoms with Gasteiger partial charge in [0.15, 0.2) is 0 Å². The molecule has 0 rings (SSSR count). The minimum Gasteiger partial charge on any atom is -0.466 e. The number of rotatable bonds is 15. The van der Waals surface area contributed by atoms with E-state index in [1.165, 1.54) is 25.7 Å². The molecule has 0 aromatic carbocycles. The molecule has 132 valence electrons. The molecule has 0 N–H and O–H groups in total. The molecule has 0 aliphatic rings. The number of carbonyl (C=O) groups excluding carboxylic acids is 1. The van der Waals surface area contributed by atoms with Gasteiger partial charge in [-0.1, -0.05) is 63.1 Å². The van der Waals surface area contributed by atoms with Crippen molar-refractivity contribution < 1.29 is 9.53 Å². The third-order valence-corrected chi connectivity index (χ3v) is 3.49. The van der Waals surface area contributed by atoms with Crippen LogP contribution in [0.4, 0.5) is 0 Å². The summed E-state index contributed by atoms with van der Waals surface area (Å²) in [5.74, 6) is -0.0542. The molecule has 0 saturated carbocycles. The van der Waals surface area contributed by atoms with Gasteiger partial charge in [0.25, 0.3) is 0 Å². The Labute approximate surface area is 143 Å². The van der Waals surface area contributed by atoms with Crippen molar-refractivity contribution in [2.45, 2.75) is 84.5 Å². The normalized spacial score (nSPS) is 11.9. The minimum absolute atomic E-state index is 0.0542. The second-order valence-electron chi connectivity index (χ2n) is 5.85. The summed E-state index contributed by atoms with van der Waals surface area (Å²) in [6.07, 6.45) is 25.1. The Balaban J connectivity index is 3.36. The maximum absolute atomic E-state index is 11.3. The monoisotopic (exact) mass is 320 g/mol. The molecule has 0 spiro atoms. The molecule has 0 atom stereocenters. The zero-order chi connectivity index (χ0) is 17.0. The van der Waals surface area contributed by atoms with Gasteiger partial charge in [-0.3, -0.25) is 4.79 Å². The number of carbonyl (C=O) groups is 1. The van der Waals surface area contributed by atoms with Crippen LogP contribution in [0.3, 0.4) is 0 Å². The molecular weight excluding hydrogens is 284 g/mol. The molecule has 0 radical (unpaired) electrons. The molecule has 0 amide bonds. The van der Waals surface area contributed by atoms with Gasteiger partial charge in [-0.05, 0) is 51.4 Å². The Bertz CT molecular complexity index is 340. The van der Waals surface area contributed by atoms with E-state index >= 15 is 0 Å². The summed E-state index contributed by atoms with van der Waals surface area (Å²) in [7, 11) is 0. The topological polar surface area (TPSA) is 26.3 Å². The molecule has 0 bridgehead atoms. The zero-order valence-electron chi connectivity index (χ0n) is 15.3. The van der Waals surface area contributed by atoms with Crippen LogP contribution in [0.15, 0.2) is 36.5 Å². The highest BCUT2D eigenvalue weighted by Crippen LogP contribution is 2.04. The average molecular weight is 321 g/mol. The van der Waals surface area contributed by atoms with E-state index in [-0.39, 0.29) is 5.97 Å². The molecule has 23 heavy (non-hydrogen) atoms. The van der Waals surface area contributed by atoms with Crippen LogP contribution in [0.2, 0.25) is 0 Å². The number of hydrogen-bond acceptors (Lipinski definition) is 2. The summed E-state index contributed by atoms with van der Waals surface area (Å²) >= 11 is 0. The first-order valence-electron chi connectivity index (χ1n) is 9.41.